The van der Waals surface area contributed by atoms with Gasteiger partial charge in [0.1, 0.15) is 5.75 Å². The Morgan fingerprint density at radius 1 is 1.19 bits per heavy atom. The lowest BCUT2D eigenvalue weighted by atomic mass is 9.92. The number of hydrogen-bond acceptors (Lipinski definition) is 2. The van der Waals surface area contributed by atoms with Crippen molar-refractivity contribution in [3.05, 3.63) is 42.0 Å². The van der Waals surface area contributed by atoms with Gasteiger partial charge in [-0.3, -0.25) is 0 Å². The third-order valence-electron chi connectivity index (χ3n) is 4.75. The second-order valence-corrected chi connectivity index (χ2v) is 6.95. The maximum Gasteiger partial charge on any atom is 0.123 e. The van der Waals surface area contributed by atoms with Crippen LogP contribution < -0.4 is 10.1 Å². The molecule has 0 heterocycles. The Morgan fingerprint density at radius 2 is 2.00 bits per heavy atom. The van der Waals surface area contributed by atoms with Crippen LogP contribution in [-0.4, -0.2) is 13.2 Å². The summed E-state index contributed by atoms with van der Waals surface area (Å²) in [5.74, 6) is 0.985. The summed E-state index contributed by atoms with van der Waals surface area (Å²) in [4.78, 5) is 0. The molecular weight excluding hydrogens is 258 g/mol. The minimum absolute atomic E-state index is 0.487. The van der Waals surface area contributed by atoms with Crippen molar-refractivity contribution in [2.45, 2.75) is 45.7 Å². The molecule has 1 saturated carbocycles. The first-order valence-corrected chi connectivity index (χ1v) is 7.87. The molecule has 1 aliphatic rings. The highest BCUT2D eigenvalue weighted by Gasteiger charge is 2.30. The van der Waals surface area contributed by atoms with E-state index in [1.54, 1.807) is 7.11 Å². The van der Waals surface area contributed by atoms with Crippen molar-refractivity contribution in [2.24, 2.45) is 5.41 Å². The van der Waals surface area contributed by atoms with Gasteiger partial charge in [-0.2, -0.15) is 0 Å². The Bertz CT molecular complexity index is 632. The van der Waals surface area contributed by atoms with Gasteiger partial charge in [0.2, 0.25) is 0 Å². The molecule has 1 unspecified atom stereocenters. The first kappa shape index (κ1) is 14.4. The molecule has 3 rings (SSSR count). The van der Waals surface area contributed by atoms with Crippen molar-refractivity contribution >= 4 is 10.8 Å². The predicted molar refractivity (Wildman–Crippen MR) is 88.8 cm³/mol. The Hall–Kier alpha value is -1.54. The van der Waals surface area contributed by atoms with Gasteiger partial charge in [0.25, 0.3) is 0 Å². The summed E-state index contributed by atoms with van der Waals surface area (Å²) in [6.45, 7) is 5.62. The summed E-state index contributed by atoms with van der Waals surface area (Å²) < 4.78 is 5.57. The molecule has 0 spiro atoms. The molecule has 0 aliphatic heterocycles. The molecular formula is C19H25NO. The number of ether oxygens (including phenoxy) is 1. The molecule has 2 nitrogen and oxygen atoms in total. The van der Waals surface area contributed by atoms with Gasteiger partial charge in [-0.1, -0.05) is 44.2 Å². The Morgan fingerprint density at radius 3 is 2.71 bits per heavy atom. The van der Waals surface area contributed by atoms with Gasteiger partial charge >= 0.3 is 0 Å². The molecule has 112 valence electrons. The first-order valence-electron chi connectivity index (χ1n) is 7.87. The Labute approximate surface area is 127 Å². The zero-order valence-electron chi connectivity index (χ0n) is 13.3. The predicted octanol–water partition coefficient (Wildman–Crippen LogP) is 4.52. The van der Waals surface area contributed by atoms with E-state index >= 15 is 0 Å². The lowest BCUT2D eigenvalue weighted by molar-refractivity contribution is 0.362. The van der Waals surface area contributed by atoms with Crippen molar-refractivity contribution in [3.63, 3.8) is 0 Å². The summed E-state index contributed by atoms with van der Waals surface area (Å²) in [5.41, 5.74) is 1.76. The molecule has 0 amide bonds. The van der Waals surface area contributed by atoms with Gasteiger partial charge in [-0.15, -0.1) is 0 Å². The number of methoxy groups -OCH3 is 1. The SMILES string of the molecule is COc1ccc2ccccc2c1CNC1CCC(C)(C)C1. The molecule has 1 fully saturated rings. The van der Waals surface area contributed by atoms with Crippen LogP contribution in [0.4, 0.5) is 0 Å². The average Bonchev–Trinajstić information content (AvgIpc) is 2.84. The zero-order chi connectivity index (χ0) is 14.9. The smallest absolute Gasteiger partial charge is 0.123 e. The van der Waals surface area contributed by atoms with Crippen molar-refractivity contribution in [3.8, 4) is 5.75 Å². The molecule has 2 heteroatoms. The fraction of sp³-hybridized carbons (Fsp3) is 0.474. The molecule has 1 atom stereocenters. The van der Waals surface area contributed by atoms with E-state index in [-0.39, 0.29) is 0 Å². The van der Waals surface area contributed by atoms with E-state index in [2.05, 4.69) is 55.6 Å². The summed E-state index contributed by atoms with van der Waals surface area (Å²) >= 11 is 0. The van der Waals surface area contributed by atoms with Crippen LogP contribution in [0.1, 0.15) is 38.7 Å². The second kappa shape index (κ2) is 5.69. The van der Waals surface area contributed by atoms with Crippen LogP contribution in [0.3, 0.4) is 0 Å². The average molecular weight is 283 g/mol. The van der Waals surface area contributed by atoms with E-state index in [1.807, 2.05) is 0 Å². The van der Waals surface area contributed by atoms with E-state index in [0.717, 1.165) is 12.3 Å². The molecule has 1 aliphatic carbocycles. The number of hydrogen-bond donors (Lipinski definition) is 1. The number of rotatable bonds is 4. The fourth-order valence-electron chi connectivity index (χ4n) is 3.55. The number of fused-ring (bicyclic) bond motifs is 1. The van der Waals surface area contributed by atoms with Gasteiger partial charge in [0.05, 0.1) is 7.11 Å². The summed E-state index contributed by atoms with van der Waals surface area (Å²) in [6.07, 6.45) is 3.86. The highest BCUT2D eigenvalue weighted by atomic mass is 16.5. The fourth-order valence-corrected chi connectivity index (χ4v) is 3.55. The van der Waals surface area contributed by atoms with Crippen molar-refractivity contribution < 1.29 is 4.74 Å². The number of benzene rings is 2. The largest absolute Gasteiger partial charge is 0.496 e. The lowest BCUT2D eigenvalue weighted by Gasteiger charge is -2.19. The Balaban J connectivity index is 1.82. The van der Waals surface area contributed by atoms with Gasteiger partial charge in [0.15, 0.2) is 0 Å². The van der Waals surface area contributed by atoms with Crippen LogP contribution in [-0.2, 0) is 6.54 Å². The Kier molecular flexibility index (Phi) is 3.90. The van der Waals surface area contributed by atoms with E-state index in [9.17, 15) is 0 Å². The standard InChI is InChI=1S/C19H25NO/c1-19(2)11-10-15(12-19)20-13-17-16-7-5-4-6-14(16)8-9-18(17)21-3/h4-9,15,20H,10-13H2,1-3H3. The van der Waals surface area contributed by atoms with E-state index < -0.39 is 0 Å². The summed E-state index contributed by atoms with van der Waals surface area (Å²) in [6, 6.07) is 13.4. The minimum Gasteiger partial charge on any atom is -0.496 e. The first-order chi connectivity index (χ1) is 10.1. The third kappa shape index (κ3) is 3.06. The van der Waals surface area contributed by atoms with Crippen LogP contribution in [0.25, 0.3) is 10.8 Å². The molecule has 2 aromatic rings. The summed E-state index contributed by atoms with van der Waals surface area (Å²) in [5, 5.41) is 6.31. The van der Waals surface area contributed by atoms with E-state index in [0.29, 0.717) is 11.5 Å². The topological polar surface area (TPSA) is 21.3 Å². The van der Waals surface area contributed by atoms with Gasteiger partial charge < -0.3 is 10.1 Å². The molecule has 0 bridgehead atoms. The minimum atomic E-state index is 0.487. The van der Waals surface area contributed by atoms with Crippen molar-refractivity contribution in [2.75, 3.05) is 7.11 Å². The van der Waals surface area contributed by atoms with E-state index in [1.165, 1.54) is 35.6 Å². The normalized spacial score (nSPS) is 20.8. The van der Waals surface area contributed by atoms with Gasteiger partial charge in [0, 0.05) is 18.2 Å². The van der Waals surface area contributed by atoms with Gasteiger partial charge in [-0.25, -0.2) is 0 Å². The van der Waals surface area contributed by atoms with Crippen LogP contribution >= 0.6 is 0 Å². The lowest BCUT2D eigenvalue weighted by Crippen LogP contribution is -2.27. The third-order valence-corrected chi connectivity index (χ3v) is 4.75. The van der Waals surface area contributed by atoms with Crippen LogP contribution in [0, 0.1) is 5.41 Å². The molecule has 0 saturated heterocycles. The van der Waals surface area contributed by atoms with Crippen LogP contribution in [0.5, 0.6) is 5.75 Å². The molecule has 2 aromatic carbocycles. The van der Waals surface area contributed by atoms with Crippen LogP contribution in [0.2, 0.25) is 0 Å². The van der Waals surface area contributed by atoms with Gasteiger partial charge in [-0.05, 0) is 41.5 Å². The number of nitrogens with one attached hydrogen (secondary N) is 1. The summed E-state index contributed by atoms with van der Waals surface area (Å²) in [7, 11) is 1.76. The molecule has 0 aromatic heterocycles. The quantitative estimate of drug-likeness (QED) is 0.891. The highest BCUT2D eigenvalue weighted by molar-refractivity contribution is 5.87. The maximum atomic E-state index is 5.57. The molecule has 21 heavy (non-hydrogen) atoms. The van der Waals surface area contributed by atoms with Crippen LogP contribution in [0.15, 0.2) is 36.4 Å². The highest BCUT2D eigenvalue weighted by Crippen LogP contribution is 2.37. The second-order valence-electron chi connectivity index (χ2n) is 6.95. The molecule has 0 radical (unpaired) electrons. The zero-order valence-corrected chi connectivity index (χ0v) is 13.3. The van der Waals surface area contributed by atoms with Crippen molar-refractivity contribution in [1.82, 2.24) is 5.32 Å². The van der Waals surface area contributed by atoms with E-state index in [4.69, 9.17) is 4.74 Å². The van der Waals surface area contributed by atoms with Crippen molar-refractivity contribution in [1.29, 1.82) is 0 Å². The maximum absolute atomic E-state index is 5.57. The monoisotopic (exact) mass is 283 g/mol. The molecule has 1 N–H and O–H groups in total.